The van der Waals surface area contributed by atoms with Crippen molar-refractivity contribution >= 4 is 11.8 Å². The number of halogens is 2. The van der Waals surface area contributed by atoms with Crippen LogP contribution in [0.3, 0.4) is 0 Å². The highest BCUT2D eigenvalue weighted by atomic mass is 32.2. The second kappa shape index (κ2) is 6.23. The first-order chi connectivity index (χ1) is 10.1. The lowest BCUT2D eigenvalue weighted by Gasteiger charge is -2.40. The molecule has 3 rings (SSSR count). The van der Waals surface area contributed by atoms with E-state index in [0.717, 1.165) is 43.4 Å². The van der Waals surface area contributed by atoms with Gasteiger partial charge in [0.2, 0.25) is 0 Å². The molecule has 0 aromatic heterocycles. The van der Waals surface area contributed by atoms with E-state index in [0.29, 0.717) is 17.9 Å². The monoisotopic (exact) mass is 313 g/mol. The van der Waals surface area contributed by atoms with Gasteiger partial charge in [0, 0.05) is 24.5 Å². The fourth-order valence-corrected chi connectivity index (χ4v) is 4.84. The van der Waals surface area contributed by atoms with Crippen LogP contribution >= 0.6 is 11.8 Å². The van der Waals surface area contributed by atoms with E-state index in [-0.39, 0.29) is 11.6 Å². The number of ether oxygens (including phenoxy) is 1. The number of rotatable bonds is 3. The molecular weight excluding hydrogens is 292 g/mol. The van der Waals surface area contributed by atoms with Gasteiger partial charge in [-0.1, -0.05) is 0 Å². The van der Waals surface area contributed by atoms with Crippen molar-refractivity contribution in [1.82, 2.24) is 0 Å². The molecule has 5 heteroatoms. The first-order valence-electron chi connectivity index (χ1n) is 7.49. The lowest BCUT2D eigenvalue weighted by molar-refractivity contribution is -0.0831. The Kier molecular flexibility index (Phi) is 4.52. The van der Waals surface area contributed by atoms with E-state index in [2.05, 4.69) is 0 Å². The van der Waals surface area contributed by atoms with Crippen molar-refractivity contribution in [3.8, 4) is 0 Å². The molecule has 2 aliphatic rings. The standard InChI is InChI=1S/C16H21F2NOS/c17-13-5-11(6-14(18)8-13)7-15(19)12-1-3-20-16(9-12)2-4-21-10-16/h5-6,8,12,15H,1-4,7,9-10,19H2. The Morgan fingerprint density at radius 1 is 1.33 bits per heavy atom. The largest absolute Gasteiger partial charge is 0.374 e. The van der Waals surface area contributed by atoms with Gasteiger partial charge in [-0.2, -0.15) is 11.8 Å². The van der Waals surface area contributed by atoms with Gasteiger partial charge in [0.05, 0.1) is 5.60 Å². The first-order valence-corrected chi connectivity index (χ1v) is 8.64. The van der Waals surface area contributed by atoms with Crippen LogP contribution in [-0.4, -0.2) is 29.8 Å². The van der Waals surface area contributed by atoms with Crippen molar-refractivity contribution in [2.75, 3.05) is 18.1 Å². The molecule has 2 fully saturated rings. The van der Waals surface area contributed by atoms with Gasteiger partial charge in [-0.05, 0) is 55.1 Å². The third kappa shape index (κ3) is 3.58. The van der Waals surface area contributed by atoms with Gasteiger partial charge in [-0.15, -0.1) is 0 Å². The molecule has 2 aliphatic heterocycles. The molecule has 2 saturated heterocycles. The maximum atomic E-state index is 13.3. The van der Waals surface area contributed by atoms with Crippen molar-refractivity contribution in [3.63, 3.8) is 0 Å². The van der Waals surface area contributed by atoms with Crippen LogP contribution in [0.2, 0.25) is 0 Å². The molecule has 116 valence electrons. The number of benzene rings is 1. The van der Waals surface area contributed by atoms with Crippen LogP contribution < -0.4 is 5.73 Å². The SMILES string of the molecule is NC(Cc1cc(F)cc(F)c1)C1CCOC2(CCSC2)C1. The molecule has 0 radical (unpaired) electrons. The molecule has 0 bridgehead atoms. The molecule has 3 atom stereocenters. The van der Waals surface area contributed by atoms with Gasteiger partial charge in [0.25, 0.3) is 0 Å². The summed E-state index contributed by atoms with van der Waals surface area (Å²) in [6, 6.07) is 3.58. The number of thioether (sulfide) groups is 1. The van der Waals surface area contributed by atoms with Crippen LogP contribution in [0, 0.1) is 17.6 Å². The lowest BCUT2D eigenvalue weighted by Crippen LogP contribution is -2.46. The fraction of sp³-hybridized carbons (Fsp3) is 0.625. The number of hydrogen-bond donors (Lipinski definition) is 1. The van der Waals surface area contributed by atoms with Gasteiger partial charge in [-0.3, -0.25) is 0 Å². The van der Waals surface area contributed by atoms with E-state index >= 15 is 0 Å². The Hall–Kier alpha value is -0.650. The molecule has 3 unspecified atom stereocenters. The summed E-state index contributed by atoms with van der Waals surface area (Å²) in [5.41, 5.74) is 6.96. The van der Waals surface area contributed by atoms with E-state index in [1.165, 1.54) is 12.1 Å². The average molecular weight is 313 g/mol. The lowest BCUT2D eigenvalue weighted by atomic mass is 9.80. The van der Waals surface area contributed by atoms with Gasteiger partial charge in [0.15, 0.2) is 0 Å². The third-order valence-corrected chi connectivity index (χ3v) is 5.82. The van der Waals surface area contributed by atoms with Crippen LogP contribution in [0.25, 0.3) is 0 Å². The van der Waals surface area contributed by atoms with Crippen molar-refractivity contribution in [3.05, 3.63) is 35.4 Å². The maximum Gasteiger partial charge on any atom is 0.126 e. The Balaban J connectivity index is 1.65. The molecule has 2 heterocycles. The van der Waals surface area contributed by atoms with Crippen LogP contribution in [-0.2, 0) is 11.2 Å². The Bertz CT molecular complexity index is 485. The summed E-state index contributed by atoms with van der Waals surface area (Å²) in [7, 11) is 0. The quantitative estimate of drug-likeness (QED) is 0.931. The van der Waals surface area contributed by atoms with Crippen molar-refractivity contribution in [1.29, 1.82) is 0 Å². The zero-order chi connectivity index (χ0) is 14.9. The minimum absolute atomic E-state index is 0.00160. The van der Waals surface area contributed by atoms with E-state index in [9.17, 15) is 8.78 Å². The Labute approximate surface area is 128 Å². The molecule has 0 amide bonds. The van der Waals surface area contributed by atoms with Gasteiger partial charge in [0.1, 0.15) is 11.6 Å². The normalized spacial score (nSPS) is 30.7. The smallest absolute Gasteiger partial charge is 0.126 e. The van der Waals surface area contributed by atoms with Gasteiger partial charge < -0.3 is 10.5 Å². The Morgan fingerprint density at radius 2 is 2.10 bits per heavy atom. The highest BCUT2D eigenvalue weighted by Crippen LogP contribution is 2.41. The van der Waals surface area contributed by atoms with Crippen LogP contribution in [0.15, 0.2) is 18.2 Å². The second-order valence-electron chi connectivity index (χ2n) is 6.23. The molecule has 2 N–H and O–H groups in total. The van der Waals surface area contributed by atoms with E-state index in [1.807, 2.05) is 11.8 Å². The third-order valence-electron chi connectivity index (χ3n) is 4.60. The molecule has 0 aliphatic carbocycles. The van der Waals surface area contributed by atoms with Crippen molar-refractivity contribution < 1.29 is 13.5 Å². The van der Waals surface area contributed by atoms with Gasteiger partial charge in [-0.25, -0.2) is 8.78 Å². The highest BCUT2D eigenvalue weighted by molar-refractivity contribution is 7.99. The summed E-state index contributed by atoms with van der Waals surface area (Å²) in [5.74, 6) is 1.49. The zero-order valence-electron chi connectivity index (χ0n) is 12.0. The summed E-state index contributed by atoms with van der Waals surface area (Å²) in [4.78, 5) is 0. The van der Waals surface area contributed by atoms with Crippen LogP contribution in [0.1, 0.15) is 24.8 Å². The van der Waals surface area contributed by atoms with Crippen molar-refractivity contribution in [2.45, 2.75) is 37.3 Å². The maximum absolute atomic E-state index is 13.3. The second-order valence-corrected chi connectivity index (χ2v) is 7.34. The Morgan fingerprint density at radius 3 is 2.76 bits per heavy atom. The predicted molar refractivity (Wildman–Crippen MR) is 81.4 cm³/mol. The van der Waals surface area contributed by atoms with Crippen LogP contribution in [0.5, 0.6) is 0 Å². The van der Waals surface area contributed by atoms with Crippen LogP contribution in [0.4, 0.5) is 8.78 Å². The summed E-state index contributed by atoms with van der Waals surface area (Å²) < 4.78 is 32.5. The summed E-state index contributed by atoms with van der Waals surface area (Å²) in [5, 5.41) is 0. The zero-order valence-corrected chi connectivity index (χ0v) is 12.8. The highest BCUT2D eigenvalue weighted by Gasteiger charge is 2.41. The summed E-state index contributed by atoms with van der Waals surface area (Å²) >= 11 is 1.94. The van der Waals surface area contributed by atoms with E-state index < -0.39 is 11.6 Å². The number of hydrogen-bond acceptors (Lipinski definition) is 3. The predicted octanol–water partition coefficient (Wildman–Crippen LogP) is 3.14. The molecule has 2 nitrogen and oxygen atoms in total. The van der Waals surface area contributed by atoms with Gasteiger partial charge >= 0.3 is 0 Å². The minimum Gasteiger partial charge on any atom is -0.374 e. The fourth-order valence-electron chi connectivity index (χ4n) is 3.46. The minimum atomic E-state index is -0.534. The topological polar surface area (TPSA) is 35.2 Å². The molecule has 1 aromatic rings. The molecule has 0 saturated carbocycles. The van der Waals surface area contributed by atoms with Crippen molar-refractivity contribution in [2.24, 2.45) is 11.7 Å². The molecular formula is C16H21F2NOS. The van der Waals surface area contributed by atoms with E-state index in [4.69, 9.17) is 10.5 Å². The molecule has 1 aromatic carbocycles. The first kappa shape index (κ1) is 15.3. The molecule has 21 heavy (non-hydrogen) atoms. The summed E-state index contributed by atoms with van der Waals surface area (Å²) in [6.45, 7) is 0.746. The average Bonchev–Trinajstić information content (AvgIpc) is 2.85. The van der Waals surface area contributed by atoms with E-state index in [1.54, 1.807) is 0 Å². The summed E-state index contributed by atoms with van der Waals surface area (Å²) in [6.07, 6.45) is 3.52. The number of nitrogens with two attached hydrogens (primary N) is 1. The molecule has 1 spiro atoms.